The number of rotatable bonds is 7. The van der Waals surface area contributed by atoms with Crippen molar-refractivity contribution in [1.82, 2.24) is 4.90 Å². The van der Waals surface area contributed by atoms with Gasteiger partial charge in [-0.15, -0.1) is 0 Å². The maximum atomic E-state index is 8.70. The summed E-state index contributed by atoms with van der Waals surface area (Å²) in [7, 11) is 0. The first-order chi connectivity index (χ1) is 7.77. The molecule has 1 N–H and O–H groups in total. The molecule has 0 amide bonds. The van der Waals surface area contributed by atoms with Crippen molar-refractivity contribution in [1.29, 1.82) is 0 Å². The van der Waals surface area contributed by atoms with E-state index in [0.717, 1.165) is 26.0 Å². The highest BCUT2D eigenvalue weighted by Gasteiger charge is 2.24. The minimum Gasteiger partial charge on any atom is -0.396 e. The zero-order valence-electron chi connectivity index (χ0n) is 10.8. The summed E-state index contributed by atoms with van der Waals surface area (Å²) in [6, 6.07) is 0.619. The summed E-state index contributed by atoms with van der Waals surface area (Å²) in [5.74, 6) is 0. The molecular formula is C13H27NO2. The number of unbranched alkanes of at least 4 members (excludes halogenated alkanes) is 3. The van der Waals surface area contributed by atoms with Crippen LogP contribution >= 0.6 is 0 Å². The minimum absolute atomic E-state index is 0.339. The van der Waals surface area contributed by atoms with E-state index < -0.39 is 0 Å². The summed E-state index contributed by atoms with van der Waals surface area (Å²) in [5.41, 5.74) is 0. The van der Waals surface area contributed by atoms with E-state index in [1.54, 1.807) is 0 Å². The Morgan fingerprint density at radius 1 is 1.25 bits per heavy atom. The second-order valence-electron chi connectivity index (χ2n) is 4.84. The molecule has 0 spiro atoms. The van der Waals surface area contributed by atoms with Crippen LogP contribution in [0.5, 0.6) is 0 Å². The molecule has 0 bridgehead atoms. The summed E-state index contributed by atoms with van der Waals surface area (Å²) in [5, 5.41) is 8.70. The van der Waals surface area contributed by atoms with E-state index in [-0.39, 0.29) is 0 Å². The maximum Gasteiger partial charge on any atom is 0.0674 e. The molecule has 3 heteroatoms. The van der Waals surface area contributed by atoms with Gasteiger partial charge in [0.05, 0.1) is 12.7 Å². The van der Waals surface area contributed by atoms with Crippen LogP contribution in [-0.4, -0.2) is 48.5 Å². The van der Waals surface area contributed by atoms with Gasteiger partial charge in [-0.3, -0.25) is 4.90 Å². The predicted octanol–water partition coefficient (Wildman–Crippen LogP) is 2.04. The maximum absolute atomic E-state index is 8.70. The van der Waals surface area contributed by atoms with Crippen molar-refractivity contribution < 1.29 is 9.84 Å². The smallest absolute Gasteiger partial charge is 0.0674 e. The molecule has 1 aliphatic rings. The van der Waals surface area contributed by atoms with Crippen molar-refractivity contribution in [2.45, 2.75) is 58.1 Å². The van der Waals surface area contributed by atoms with E-state index in [1.807, 2.05) is 0 Å². The largest absolute Gasteiger partial charge is 0.396 e. The highest BCUT2D eigenvalue weighted by molar-refractivity contribution is 4.77. The van der Waals surface area contributed by atoms with Crippen LogP contribution in [-0.2, 0) is 4.74 Å². The molecule has 0 radical (unpaired) electrons. The molecule has 0 aromatic heterocycles. The summed E-state index contributed by atoms with van der Waals surface area (Å²) in [6.45, 7) is 7.91. The topological polar surface area (TPSA) is 32.7 Å². The summed E-state index contributed by atoms with van der Waals surface area (Å²) < 4.78 is 5.68. The van der Waals surface area contributed by atoms with Crippen LogP contribution in [0.2, 0.25) is 0 Å². The molecule has 1 saturated heterocycles. The Bertz CT molecular complexity index is 175. The summed E-state index contributed by atoms with van der Waals surface area (Å²) in [6.07, 6.45) is 6.18. The zero-order valence-corrected chi connectivity index (χ0v) is 10.8. The molecule has 16 heavy (non-hydrogen) atoms. The van der Waals surface area contributed by atoms with Crippen LogP contribution in [0.1, 0.15) is 46.0 Å². The molecule has 2 atom stereocenters. The van der Waals surface area contributed by atoms with Crippen LogP contribution in [0.4, 0.5) is 0 Å². The molecule has 2 unspecified atom stereocenters. The van der Waals surface area contributed by atoms with Gasteiger partial charge in [0, 0.05) is 19.2 Å². The molecular weight excluding hydrogens is 202 g/mol. The van der Waals surface area contributed by atoms with Crippen LogP contribution < -0.4 is 0 Å². The van der Waals surface area contributed by atoms with E-state index in [4.69, 9.17) is 9.84 Å². The Hall–Kier alpha value is -0.120. The van der Waals surface area contributed by atoms with Gasteiger partial charge in [-0.2, -0.15) is 0 Å². The Morgan fingerprint density at radius 2 is 2.00 bits per heavy atom. The van der Waals surface area contributed by atoms with Gasteiger partial charge < -0.3 is 9.84 Å². The fourth-order valence-electron chi connectivity index (χ4n) is 2.34. The van der Waals surface area contributed by atoms with Crippen molar-refractivity contribution >= 4 is 0 Å². The van der Waals surface area contributed by atoms with E-state index in [9.17, 15) is 0 Å². The number of nitrogens with zero attached hydrogens (tertiary/aromatic N) is 1. The van der Waals surface area contributed by atoms with Gasteiger partial charge in [0.25, 0.3) is 0 Å². The third kappa shape index (κ3) is 4.81. The van der Waals surface area contributed by atoms with Crippen molar-refractivity contribution in [3.8, 4) is 0 Å². The Kier molecular flexibility index (Phi) is 7.01. The lowest BCUT2D eigenvalue weighted by Crippen LogP contribution is -2.48. The normalized spacial score (nSPS) is 27.2. The van der Waals surface area contributed by atoms with Crippen LogP contribution in [0.15, 0.2) is 0 Å². The number of morpholine rings is 1. The molecule has 96 valence electrons. The van der Waals surface area contributed by atoms with Crippen LogP contribution in [0.25, 0.3) is 0 Å². The van der Waals surface area contributed by atoms with E-state index >= 15 is 0 Å². The van der Waals surface area contributed by atoms with E-state index in [0.29, 0.717) is 18.8 Å². The first kappa shape index (κ1) is 13.9. The highest BCUT2D eigenvalue weighted by Crippen LogP contribution is 2.15. The van der Waals surface area contributed by atoms with Gasteiger partial charge in [-0.1, -0.05) is 19.8 Å². The van der Waals surface area contributed by atoms with E-state index in [1.165, 1.54) is 25.8 Å². The molecule has 0 aromatic rings. The zero-order chi connectivity index (χ0) is 11.8. The summed E-state index contributed by atoms with van der Waals surface area (Å²) in [4.78, 5) is 2.58. The minimum atomic E-state index is 0.339. The molecule has 1 aliphatic heterocycles. The number of ether oxygens (including phenoxy) is 1. The fourth-order valence-corrected chi connectivity index (χ4v) is 2.34. The van der Waals surface area contributed by atoms with Gasteiger partial charge in [0.15, 0.2) is 0 Å². The first-order valence-electron chi connectivity index (χ1n) is 6.74. The molecule has 0 saturated carbocycles. The molecule has 1 fully saturated rings. The quantitative estimate of drug-likeness (QED) is 0.678. The van der Waals surface area contributed by atoms with Crippen molar-refractivity contribution in [3.05, 3.63) is 0 Å². The van der Waals surface area contributed by atoms with Crippen LogP contribution in [0, 0.1) is 0 Å². The van der Waals surface area contributed by atoms with Crippen LogP contribution in [0.3, 0.4) is 0 Å². The van der Waals surface area contributed by atoms with Gasteiger partial charge in [0.1, 0.15) is 0 Å². The van der Waals surface area contributed by atoms with Crippen molar-refractivity contribution in [3.63, 3.8) is 0 Å². The molecule has 3 nitrogen and oxygen atoms in total. The van der Waals surface area contributed by atoms with Gasteiger partial charge >= 0.3 is 0 Å². The number of aliphatic hydroxyl groups is 1. The molecule has 0 aliphatic carbocycles. The van der Waals surface area contributed by atoms with Gasteiger partial charge in [-0.05, 0) is 32.7 Å². The highest BCUT2D eigenvalue weighted by atomic mass is 16.5. The van der Waals surface area contributed by atoms with E-state index in [2.05, 4.69) is 18.7 Å². The third-order valence-corrected chi connectivity index (χ3v) is 3.41. The third-order valence-electron chi connectivity index (χ3n) is 3.41. The Morgan fingerprint density at radius 3 is 2.69 bits per heavy atom. The monoisotopic (exact) mass is 229 g/mol. The Labute approximate surface area is 99.8 Å². The summed E-state index contributed by atoms with van der Waals surface area (Å²) >= 11 is 0. The lowest BCUT2D eigenvalue weighted by atomic mass is 10.1. The Balaban J connectivity index is 2.16. The fraction of sp³-hybridized carbons (Fsp3) is 1.00. The molecule has 1 rings (SSSR count). The van der Waals surface area contributed by atoms with Crippen molar-refractivity contribution in [2.75, 3.05) is 26.3 Å². The first-order valence-corrected chi connectivity index (χ1v) is 6.74. The second kappa shape index (κ2) is 8.04. The molecule has 0 aromatic carbocycles. The van der Waals surface area contributed by atoms with Crippen molar-refractivity contribution in [2.24, 2.45) is 0 Å². The molecule has 1 heterocycles. The average molecular weight is 229 g/mol. The van der Waals surface area contributed by atoms with Gasteiger partial charge in [0.2, 0.25) is 0 Å². The number of hydrogen-bond donors (Lipinski definition) is 1. The van der Waals surface area contributed by atoms with Gasteiger partial charge in [-0.25, -0.2) is 0 Å². The number of hydrogen-bond acceptors (Lipinski definition) is 3. The standard InChI is InChI=1S/C13H27NO2/c1-3-13-11-16-12(2)10-14(13)8-6-4-5-7-9-15/h12-13,15H,3-11H2,1-2H3. The SMILES string of the molecule is CCC1COC(C)CN1CCCCCCO. The lowest BCUT2D eigenvalue weighted by molar-refractivity contribution is -0.0561. The number of aliphatic hydroxyl groups excluding tert-OH is 1. The second-order valence-corrected chi connectivity index (χ2v) is 4.84. The average Bonchev–Trinajstić information content (AvgIpc) is 2.29. The lowest BCUT2D eigenvalue weighted by Gasteiger charge is -2.38. The predicted molar refractivity (Wildman–Crippen MR) is 66.6 cm³/mol.